The molecule has 0 aliphatic heterocycles. The van der Waals surface area contributed by atoms with Crippen LogP contribution in [0.2, 0.25) is 0 Å². The molecule has 1 aliphatic carbocycles. The zero-order valence-corrected chi connectivity index (χ0v) is 12.1. The highest BCUT2D eigenvalue weighted by molar-refractivity contribution is 7.19. The Kier molecular flexibility index (Phi) is 3.85. The highest BCUT2D eigenvalue weighted by Crippen LogP contribution is 2.40. The van der Waals surface area contributed by atoms with Crippen LogP contribution >= 0.6 is 11.3 Å². The predicted octanol–water partition coefficient (Wildman–Crippen LogP) is 4.88. The molecular weight excluding hydrogens is 257 g/mol. The number of benzene rings is 1. The lowest BCUT2D eigenvalue weighted by Gasteiger charge is -2.16. The van der Waals surface area contributed by atoms with Gasteiger partial charge >= 0.3 is 0 Å². The van der Waals surface area contributed by atoms with E-state index in [2.05, 4.69) is 18.3 Å². The van der Waals surface area contributed by atoms with E-state index < -0.39 is 0 Å². The molecule has 102 valence electrons. The third-order valence-corrected chi connectivity index (χ3v) is 4.96. The highest BCUT2D eigenvalue weighted by atomic mass is 32.1. The lowest BCUT2D eigenvalue weighted by Crippen LogP contribution is -2.21. The summed E-state index contributed by atoms with van der Waals surface area (Å²) in [5, 5.41) is 4.82. The Labute approximate surface area is 117 Å². The second kappa shape index (κ2) is 5.59. The van der Waals surface area contributed by atoms with Gasteiger partial charge in [0.25, 0.3) is 0 Å². The van der Waals surface area contributed by atoms with Gasteiger partial charge in [0, 0.05) is 15.6 Å². The van der Waals surface area contributed by atoms with Crippen LogP contribution < -0.4 is 5.32 Å². The summed E-state index contributed by atoms with van der Waals surface area (Å²) in [4.78, 5) is 1.36. The van der Waals surface area contributed by atoms with Gasteiger partial charge in [-0.05, 0) is 48.9 Å². The molecule has 1 heterocycles. The van der Waals surface area contributed by atoms with Crippen molar-refractivity contribution in [1.29, 1.82) is 0 Å². The van der Waals surface area contributed by atoms with Crippen LogP contribution in [-0.4, -0.2) is 6.54 Å². The van der Waals surface area contributed by atoms with Crippen molar-refractivity contribution < 1.29 is 4.39 Å². The molecule has 1 aromatic carbocycles. The van der Waals surface area contributed by atoms with E-state index in [9.17, 15) is 4.39 Å². The molecule has 1 saturated carbocycles. The standard InChI is InChI=1S/C16H20FNS/c1-2-7-18-14(8-11-3-4-11)16-9-12-5-6-13(17)10-15(12)19-16/h5-6,9-11,14,18H,2-4,7-8H2,1H3. The van der Waals surface area contributed by atoms with Gasteiger partial charge < -0.3 is 5.32 Å². The average molecular weight is 277 g/mol. The first-order valence-corrected chi connectivity index (χ1v) is 8.00. The zero-order valence-electron chi connectivity index (χ0n) is 11.3. The fraction of sp³-hybridized carbons (Fsp3) is 0.500. The lowest BCUT2D eigenvalue weighted by molar-refractivity contribution is 0.480. The van der Waals surface area contributed by atoms with Crippen LogP contribution in [-0.2, 0) is 0 Å². The first-order chi connectivity index (χ1) is 9.26. The smallest absolute Gasteiger partial charge is 0.124 e. The van der Waals surface area contributed by atoms with Crippen molar-refractivity contribution in [2.75, 3.05) is 6.54 Å². The summed E-state index contributed by atoms with van der Waals surface area (Å²) in [6, 6.07) is 7.77. The summed E-state index contributed by atoms with van der Waals surface area (Å²) in [5.74, 6) is 0.762. The Bertz CT molecular complexity index is 559. The number of thiophene rings is 1. The number of halogens is 1. The molecule has 1 fully saturated rings. The number of hydrogen-bond acceptors (Lipinski definition) is 2. The van der Waals surface area contributed by atoms with Crippen molar-refractivity contribution in [3.05, 3.63) is 35.0 Å². The van der Waals surface area contributed by atoms with Gasteiger partial charge in [0.05, 0.1) is 0 Å². The second-order valence-electron chi connectivity index (χ2n) is 5.52. The molecule has 1 nitrogen and oxygen atoms in total. The Morgan fingerprint density at radius 3 is 2.95 bits per heavy atom. The van der Waals surface area contributed by atoms with E-state index in [0.717, 1.165) is 23.6 Å². The Morgan fingerprint density at radius 1 is 1.37 bits per heavy atom. The largest absolute Gasteiger partial charge is 0.309 e. The van der Waals surface area contributed by atoms with E-state index in [1.165, 1.54) is 29.5 Å². The van der Waals surface area contributed by atoms with E-state index in [1.807, 2.05) is 6.07 Å². The summed E-state index contributed by atoms with van der Waals surface area (Å²) < 4.78 is 14.3. The van der Waals surface area contributed by atoms with Crippen LogP contribution in [0, 0.1) is 11.7 Å². The quantitative estimate of drug-likeness (QED) is 0.793. The molecule has 0 bridgehead atoms. The van der Waals surface area contributed by atoms with Crippen LogP contribution in [0.4, 0.5) is 4.39 Å². The number of nitrogens with one attached hydrogen (secondary N) is 1. The Morgan fingerprint density at radius 2 is 2.21 bits per heavy atom. The van der Waals surface area contributed by atoms with E-state index in [1.54, 1.807) is 23.5 Å². The van der Waals surface area contributed by atoms with Gasteiger partial charge in [0.15, 0.2) is 0 Å². The summed E-state index contributed by atoms with van der Waals surface area (Å²) in [5.41, 5.74) is 0. The molecule has 1 aromatic heterocycles. The third kappa shape index (κ3) is 3.15. The van der Waals surface area contributed by atoms with Crippen molar-refractivity contribution >= 4 is 21.4 Å². The molecule has 0 amide bonds. The molecule has 1 atom stereocenters. The molecule has 0 saturated heterocycles. The minimum absolute atomic E-state index is 0.138. The van der Waals surface area contributed by atoms with Crippen molar-refractivity contribution in [1.82, 2.24) is 5.32 Å². The molecule has 0 spiro atoms. The van der Waals surface area contributed by atoms with Crippen molar-refractivity contribution in [2.24, 2.45) is 5.92 Å². The van der Waals surface area contributed by atoms with Gasteiger partial charge in [0.2, 0.25) is 0 Å². The van der Waals surface area contributed by atoms with Crippen LogP contribution in [0.1, 0.15) is 43.5 Å². The molecular formula is C16H20FNS. The zero-order chi connectivity index (χ0) is 13.2. The SMILES string of the molecule is CCCNC(CC1CC1)c1cc2ccc(F)cc2s1. The molecule has 3 heteroatoms. The van der Waals surface area contributed by atoms with Crippen LogP contribution in [0.25, 0.3) is 10.1 Å². The minimum Gasteiger partial charge on any atom is -0.309 e. The molecule has 1 aliphatic rings. The first-order valence-electron chi connectivity index (χ1n) is 7.18. The van der Waals surface area contributed by atoms with Crippen LogP contribution in [0.5, 0.6) is 0 Å². The van der Waals surface area contributed by atoms with Gasteiger partial charge in [-0.1, -0.05) is 25.8 Å². The molecule has 1 unspecified atom stereocenters. The second-order valence-corrected chi connectivity index (χ2v) is 6.63. The van der Waals surface area contributed by atoms with E-state index >= 15 is 0 Å². The van der Waals surface area contributed by atoms with Crippen molar-refractivity contribution in [3.8, 4) is 0 Å². The topological polar surface area (TPSA) is 12.0 Å². The van der Waals surface area contributed by atoms with Gasteiger partial charge in [0.1, 0.15) is 5.82 Å². The average Bonchev–Trinajstić information content (AvgIpc) is 3.12. The van der Waals surface area contributed by atoms with Crippen LogP contribution in [0.3, 0.4) is 0 Å². The predicted molar refractivity (Wildman–Crippen MR) is 80.2 cm³/mol. The maximum atomic E-state index is 13.3. The number of fused-ring (bicyclic) bond motifs is 1. The first kappa shape index (κ1) is 13.1. The fourth-order valence-corrected chi connectivity index (χ4v) is 3.68. The molecule has 1 N–H and O–H groups in total. The number of hydrogen-bond donors (Lipinski definition) is 1. The van der Waals surface area contributed by atoms with Gasteiger partial charge in [-0.3, -0.25) is 0 Å². The summed E-state index contributed by atoms with van der Waals surface area (Å²) in [6.45, 7) is 3.25. The van der Waals surface area contributed by atoms with E-state index in [0.29, 0.717) is 6.04 Å². The van der Waals surface area contributed by atoms with Gasteiger partial charge in [-0.2, -0.15) is 0 Å². The monoisotopic (exact) mass is 277 g/mol. The van der Waals surface area contributed by atoms with E-state index in [4.69, 9.17) is 0 Å². The number of rotatable bonds is 6. The summed E-state index contributed by atoms with van der Waals surface area (Å²) in [7, 11) is 0. The van der Waals surface area contributed by atoms with Crippen molar-refractivity contribution in [2.45, 2.75) is 38.6 Å². The van der Waals surface area contributed by atoms with Gasteiger partial charge in [-0.25, -0.2) is 4.39 Å². The molecule has 0 radical (unpaired) electrons. The van der Waals surface area contributed by atoms with Crippen molar-refractivity contribution in [3.63, 3.8) is 0 Å². The maximum Gasteiger partial charge on any atom is 0.124 e. The van der Waals surface area contributed by atoms with Crippen LogP contribution in [0.15, 0.2) is 24.3 Å². The summed E-state index contributed by atoms with van der Waals surface area (Å²) >= 11 is 1.74. The summed E-state index contributed by atoms with van der Waals surface area (Å²) in [6.07, 6.45) is 5.14. The normalized spacial score (nSPS) is 16.9. The maximum absolute atomic E-state index is 13.3. The fourth-order valence-electron chi connectivity index (χ4n) is 2.50. The third-order valence-electron chi connectivity index (χ3n) is 3.75. The Balaban J connectivity index is 1.84. The highest BCUT2D eigenvalue weighted by Gasteiger charge is 2.26. The Hall–Kier alpha value is -0.930. The van der Waals surface area contributed by atoms with E-state index in [-0.39, 0.29) is 5.82 Å². The molecule has 3 rings (SSSR count). The van der Waals surface area contributed by atoms with Gasteiger partial charge in [-0.15, -0.1) is 11.3 Å². The molecule has 2 aromatic rings. The molecule has 19 heavy (non-hydrogen) atoms. The minimum atomic E-state index is -0.138. The lowest BCUT2D eigenvalue weighted by atomic mass is 10.1.